The third-order valence-electron chi connectivity index (χ3n) is 8.52. The number of fused-ring (bicyclic) bond motifs is 4. The summed E-state index contributed by atoms with van der Waals surface area (Å²) in [6, 6.07) is 12.7. The Kier molecular flexibility index (Phi) is 8.60. The van der Waals surface area contributed by atoms with Crippen molar-refractivity contribution in [3.8, 4) is 17.1 Å². The van der Waals surface area contributed by atoms with Crippen LogP contribution < -0.4 is 14.4 Å². The molecule has 2 atom stereocenters. The summed E-state index contributed by atoms with van der Waals surface area (Å²) < 4.78 is 51.4. The molecule has 2 aliphatic rings. The van der Waals surface area contributed by atoms with E-state index in [1.165, 1.54) is 43.0 Å². The molecule has 4 heterocycles. The lowest BCUT2D eigenvalue weighted by Crippen LogP contribution is -2.47. The molecule has 2 aromatic carbocycles. The van der Waals surface area contributed by atoms with Crippen LogP contribution in [0.4, 0.5) is 16.2 Å². The van der Waals surface area contributed by atoms with Crippen molar-refractivity contribution in [3.63, 3.8) is 0 Å². The highest BCUT2D eigenvalue weighted by Crippen LogP contribution is 2.31. The van der Waals surface area contributed by atoms with Gasteiger partial charge in [0.05, 0.1) is 41.3 Å². The SMILES string of the molecule is Cc1cccc(C)c1-c1cc2nc(n1)NS(=O)(=O)c1cccc(c1)C(=O)N(Cc1cncc(N3CC[C@H]3C)n1)[C@H](CC(C)(C)F)CO2. The van der Waals surface area contributed by atoms with E-state index in [0.717, 1.165) is 29.7 Å². The number of rotatable bonds is 6. The normalized spacial score (nSPS) is 19.4. The molecule has 4 bridgehead atoms. The van der Waals surface area contributed by atoms with E-state index in [4.69, 9.17) is 9.72 Å². The number of nitrogens with one attached hydrogen (secondary N) is 1. The number of hydrogen-bond acceptors (Lipinski definition) is 9. The van der Waals surface area contributed by atoms with Crippen molar-refractivity contribution in [1.29, 1.82) is 0 Å². The summed E-state index contributed by atoms with van der Waals surface area (Å²) in [6.07, 6.45) is 4.24. The van der Waals surface area contributed by atoms with Crippen LogP contribution in [0.3, 0.4) is 0 Å². The Labute approximate surface area is 274 Å². The van der Waals surface area contributed by atoms with Gasteiger partial charge in [0.15, 0.2) is 0 Å². The molecule has 47 heavy (non-hydrogen) atoms. The molecule has 13 heteroatoms. The van der Waals surface area contributed by atoms with Gasteiger partial charge in [-0.15, -0.1) is 0 Å². The Morgan fingerprint density at radius 1 is 1.04 bits per heavy atom. The third-order valence-corrected chi connectivity index (χ3v) is 9.85. The highest BCUT2D eigenvalue weighted by atomic mass is 32.2. The minimum Gasteiger partial charge on any atom is -0.475 e. The molecule has 1 amide bonds. The number of ether oxygens (including phenoxy) is 1. The Hall–Kier alpha value is -4.65. The van der Waals surface area contributed by atoms with Gasteiger partial charge in [-0.3, -0.25) is 9.78 Å². The Balaban J connectivity index is 1.47. The summed E-state index contributed by atoms with van der Waals surface area (Å²) in [5, 5.41) is 0. The van der Waals surface area contributed by atoms with E-state index in [2.05, 4.69) is 31.5 Å². The largest absolute Gasteiger partial charge is 0.475 e. The zero-order chi connectivity index (χ0) is 33.5. The Morgan fingerprint density at radius 3 is 2.47 bits per heavy atom. The topological polar surface area (TPSA) is 131 Å². The predicted octanol–water partition coefficient (Wildman–Crippen LogP) is 5.49. The molecule has 0 unspecified atom stereocenters. The second-order valence-electron chi connectivity index (χ2n) is 12.8. The number of hydrogen-bond donors (Lipinski definition) is 1. The van der Waals surface area contributed by atoms with Gasteiger partial charge >= 0.3 is 0 Å². The molecule has 6 rings (SSSR count). The Morgan fingerprint density at radius 2 is 1.79 bits per heavy atom. The smallest absolute Gasteiger partial charge is 0.264 e. The van der Waals surface area contributed by atoms with Crippen molar-refractivity contribution in [3.05, 3.63) is 83.3 Å². The first-order valence-corrected chi connectivity index (χ1v) is 17.0. The molecule has 0 spiro atoms. The lowest BCUT2D eigenvalue weighted by molar-refractivity contribution is 0.0449. The number of alkyl halides is 1. The number of carbonyl (C=O) groups is 1. The van der Waals surface area contributed by atoms with E-state index in [9.17, 15) is 13.2 Å². The van der Waals surface area contributed by atoms with Crippen LogP contribution in [-0.2, 0) is 16.6 Å². The van der Waals surface area contributed by atoms with Crippen molar-refractivity contribution in [1.82, 2.24) is 24.8 Å². The summed E-state index contributed by atoms with van der Waals surface area (Å²) in [6.45, 7) is 9.58. The number of carbonyl (C=O) groups excluding carboxylic acids is 1. The van der Waals surface area contributed by atoms with Gasteiger partial charge in [0.2, 0.25) is 11.8 Å². The molecule has 1 fully saturated rings. The fourth-order valence-corrected chi connectivity index (χ4v) is 7.03. The molecule has 0 aliphatic carbocycles. The summed E-state index contributed by atoms with van der Waals surface area (Å²) in [7, 11) is -4.23. The maximum absolute atomic E-state index is 15.5. The van der Waals surface area contributed by atoms with Crippen molar-refractivity contribution in [2.45, 2.75) is 76.7 Å². The van der Waals surface area contributed by atoms with E-state index in [0.29, 0.717) is 23.2 Å². The monoisotopic (exact) mass is 659 g/mol. The van der Waals surface area contributed by atoms with Crippen LogP contribution in [0.25, 0.3) is 11.3 Å². The van der Waals surface area contributed by atoms with Crippen molar-refractivity contribution in [2.24, 2.45) is 0 Å². The molecule has 1 saturated heterocycles. The number of amides is 1. The summed E-state index contributed by atoms with van der Waals surface area (Å²) >= 11 is 0. The second-order valence-corrected chi connectivity index (χ2v) is 14.5. The molecule has 2 aliphatic heterocycles. The van der Waals surface area contributed by atoms with Crippen LogP contribution in [0.1, 0.15) is 60.8 Å². The van der Waals surface area contributed by atoms with Crippen LogP contribution in [0.2, 0.25) is 0 Å². The van der Waals surface area contributed by atoms with Gasteiger partial charge in [0.1, 0.15) is 18.1 Å². The van der Waals surface area contributed by atoms with E-state index in [-0.39, 0.29) is 41.9 Å². The van der Waals surface area contributed by atoms with Crippen LogP contribution in [0.15, 0.2) is 65.8 Å². The highest BCUT2D eigenvalue weighted by Gasteiger charge is 2.34. The van der Waals surface area contributed by atoms with Crippen molar-refractivity contribution < 1.29 is 22.3 Å². The Bertz CT molecular complexity index is 1910. The molecule has 0 saturated carbocycles. The minimum atomic E-state index is -4.23. The number of aryl methyl sites for hydroxylation is 2. The summed E-state index contributed by atoms with van der Waals surface area (Å²) in [4.78, 5) is 35.9. The fraction of sp³-hybridized carbons (Fsp3) is 0.382. The number of aromatic nitrogens is 4. The standard InChI is InChI=1S/C34H38FN7O4S/c1-21-8-6-9-22(2)31(21)28-15-30-39-33(38-28)40-47(44,45)27-11-7-10-24(14-27)32(43)42(26(20-46-30)16-34(4,5)35)19-25-17-36-18-29(37-25)41-13-12-23(41)3/h6-11,14-15,17-18,23,26H,12-13,16,19-20H2,1-5H3,(H,38,39,40)/t23-,26-/m1/s1. The zero-order valence-electron chi connectivity index (χ0n) is 27.1. The van der Waals surface area contributed by atoms with Crippen LogP contribution in [-0.4, -0.2) is 70.1 Å². The average Bonchev–Trinajstić information content (AvgIpc) is 3.00. The number of sulfonamides is 1. The van der Waals surface area contributed by atoms with Gasteiger partial charge in [0.25, 0.3) is 15.9 Å². The first kappa shape index (κ1) is 32.3. The lowest BCUT2D eigenvalue weighted by atomic mass is 9.99. The molecular weight excluding hydrogens is 621 g/mol. The first-order valence-electron chi connectivity index (χ1n) is 15.6. The lowest BCUT2D eigenvalue weighted by Gasteiger charge is -2.39. The molecule has 246 valence electrons. The van der Waals surface area contributed by atoms with E-state index >= 15 is 4.39 Å². The maximum Gasteiger partial charge on any atom is 0.264 e. The first-order chi connectivity index (χ1) is 22.3. The van der Waals surface area contributed by atoms with Crippen LogP contribution >= 0.6 is 0 Å². The van der Waals surface area contributed by atoms with Gasteiger partial charge < -0.3 is 14.5 Å². The molecule has 0 radical (unpaired) electrons. The number of nitrogens with zero attached hydrogens (tertiary/aromatic N) is 6. The van der Waals surface area contributed by atoms with Crippen LogP contribution in [0.5, 0.6) is 5.88 Å². The molecular formula is C34H38FN7O4S. The molecule has 1 N–H and O–H groups in total. The van der Waals surface area contributed by atoms with E-state index in [1.54, 1.807) is 18.5 Å². The fourth-order valence-electron chi connectivity index (χ4n) is 6.04. The van der Waals surface area contributed by atoms with Gasteiger partial charge in [-0.25, -0.2) is 27.5 Å². The molecule has 4 aromatic rings. The second kappa shape index (κ2) is 12.5. The number of anilines is 2. The van der Waals surface area contributed by atoms with Crippen molar-refractivity contribution >= 4 is 27.7 Å². The summed E-state index contributed by atoms with van der Waals surface area (Å²) in [5.41, 5.74) is 2.05. The van der Waals surface area contributed by atoms with E-state index in [1.807, 2.05) is 32.0 Å². The van der Waals surface area contributed by atoms with Gasteiger partial charge in [-0.05, 0) is 70.4 Å². The van der Waals surface area contributed by atoms with Gasteiger partial charge in [-0.2, -0.15) is 4.98 Å². The van der Waals surface area contributed by atoms with Gasteiger partial charge in [-0.1, -0.05) is 24.3 Å². The molecule has 2 aromatic heterocycles. The third kappa shape index (κ3) is 7.04. The maximum atomic E-state index is 15.5. The highest BCUT2D eigenvalue weighted by molar-refractivity contribution is 7.92. The minimum absolute atomic E-state index is 0.0100. The number of benzene rings is 2. The van der Waals surface area contributed by atoms with Crippen molar-refractivity contribution in [2.75, 3.05) is 22.8 Å². The summed E-state index contributed by atoms with van der Waals surface area (Å²) in [5.74, 6) is 0.0779. The predicted molar refractivity (Wildman–Crippen MR) is 177 cm³/mol. The van der Waals surface area contributed by atoms with Gasteiger partial charge in [0, 0.05) is 36.2 Å². The average molecular weight is 660 g/mol. The van der Waals surface area contributed by atoms with Crippen LogP contribution in [0, 0.1) is 13.8 Å². The number of halogens is 1. The quantitative estimate of drug-likeness (QED) is 0.286. The molecule has 11 nitrogen and oxygen atoms in total. The van der Waals surface area contributed by atoms with E-state index < -0.39 is 27.6 Å². The zero-order valence-corrected chi connectivity index (χ0v) is 27.9.